The maximum atomic E-state index is 12.3. The Hall–Kier alpha value is -5.00. The Bertz CT molecular complexity index is 1280. The summed E-state index contributed by atoms with van der Waals surface area (Å²) in [5.74, 6) is 0.626. The lowest BCUT2D eigenvalue weighted by molar-refractivity contribution is -0.394. The van der Waals surface area contributed by atoms with E-state index in [1.165, 1.54) is 25.5 Å². The highest BCUT2D eigenvalue weighted by Crippen LogP contribution is 2.34. The first-order chi connectivity index (χ1) is 16.8. The predicted molar refractivity (Wildman–Crippen MR) is 125 cm³/mol. The van der Waals surface area contributed by atoms with Crippen LogP contribution >= 0.6 is 0 Å². The Morgan fingerprint density at radius 1 is 0.971 bits per heavy atom. The summed E-state index contributed by atoms with van der Waals surface area (Å²) in [7, 11) is 1.48. The summed E-state index contributed by atoms with van der Waals surface area (Å²) >= 11 is 0. The molecule has 0 heterocycles. The van der Waals surface area contributed by atoms with E-state index in [1.54, 1.807) is 30.3 Å². The number of benzene rings is 3. The largest absolute Gasteiger partial charge is 0.493 e. The number of nitro groups is 2. The van der Waals surface area contributed by atoms with Gasteiger partial charge in [0.25, 0.3) is 11.6 Å². The molecule has 3 aromatic rings. The van der Waals surface area contributed by atoms with Gasteiger partial charge in [0.05, 0.1) is 35.8 Å². The standard InChI is InChI=1S/C23H20N4O8/c1-3-34-21-10-6-16(12-22(21)33-2)23(28)25-24-14-15-4-8-18(9-5-15)35-20-11-7-17(26(29)30)13-19(20)27(31)32/h4-14H,3H2,1-2H3,(H,25,28)/b24-14+. The van der Waals surface area contributed by atoms with Gasteiger partial charge in [-0.1, -0.05) is 0 Å². The van der Waals surface area contributed by atoms with Crippen LogP contribution in [0.15, 0.2) is 65.8 Å². The fourth-order valence-electron chi connectivity index (χ4n) is 2.91. The van der Waals surface area contributed by atoms with E-state index < -0.39 is 27.1 Å². The minimum Gasteiger partial charge on any atom is -0.493 e. The van der Waals surface area contributed by atoms with Gasteiger partial charge in [-0.25, -0.2) is 5.43 Å². The van der Waals surface area contributed by atoms with E-state index >= 15 is 0 Å². The van der Waals surface area contributed by atoms with Gasteiger partial charge in [0.1, 0.15) is 5.75 Å². The number of hydrogen-bond acceptors (Lipinski definition) is 9. The van der Waals surface area contributed by atoms with Gasteiger partial charge in [0.2, 0.25) is 5.75 Å². The number of hydrogen-bond donors (Lipinski definition) is 1. The van der Waals surface area contributed by atoms with Gasteiger partial charge in [0.15, 0.2) is 11.5 Å². The molecule has 3 aromatic carbocycles. The van der Waals surface area contributed by atoms with Gasteiger partial charge in [-0.3, -0.25) is 25.0 Å². The summed E-state index contributed by atoms with van der Waals surface area (Å²) in [6, 6.07) is 14.2. The quantitative estimate of drug-likeness (QED) is 0.253. The zero-order valence-corrected chi connectivity index (χ0v) is 18.7. The molecule has 12 heteroatoms. The second kappa shape index (κ2) is 11.2. The number of rotatable bonds is 10. The number of ether oxygens (including phenoxy) is 3. The Morgan fingerprint density at radius 3 is 2.31 bits per heavy atom. The van der Waals surface area contributed by atoms with Crippen LogP contribution in [0.5, 0.6) is 23.0 Å². The molecule has 35 heavy (non-hydrogen) atoms. The molecule has 12 nitrogen and oxygen atoms in total. The zero-order valence-electron chi connectivity index (χ0n) is 18.7. The Balaban J connectivity index is 1.65. The van der Waals surface area contributed by atoms with Gasteiger partial charge in [-0.2, -0.15) is 5.10 Å². The summed E-state index contributed by atoms with van der Waals surface area (Å²) in [5.41, 5.74) is 2.41. The molecule has 180 valence electrons. The molecule has 0 fully saturated rings. The fourth-order valence-corrected chi connectivity index (χ4v) is 2.91. The van der Waals surface area contributed by atoms with E-state index in [4.69, 9.17) is 14.2 Å². The van der Waals surface area contributed by atoms with Crippen LogP contribution < -0.4 is 19.6 Å². The number of hydrazone groups is 1. The third-order valence-corrected chi connectivity index (χ3v) is 4.56. The molecule has 0 aliphatic carbocycles. The lowest BCUT2D eigenvalue weighted by Gasteiger charge is -2.10. The summed E-state index contributed by atoms with van der Waals surface area (Å²) in [4.78, 5) is 32.9. The molecule has 0 saturated carbocycles. The molecule has 0 unspecified atom stereocenters. The summed E-state index contributed by atoms with van der Waals surface area (Å²) in [5, 5.41) is 26.0. The van der Waals surface area contributed by atoms with Crippen LogP contribution in [0.3, 0.4) is 0 Å². The van der Waals surface area contributed by atoms with Crippen molar-refractivity contribution in [1.29, 1.82) is 0 Å². The van der Waals surface area contributed by atoms with Crippen molar-refractivity contribution in [2.24, 2.45) is 5.10 Å². The highest BCUT2D eigenvalue weighted by Gasteiger charge is 2.21. The topological polar surface area (TPSA) is 155 Å². The van der Waals surface area contributed by atoms with Crippen LogP contribution in [0.2, 0.25) is 0 Å². The number of amides is 1. The van der Waals surface area contributed by atoms with Crippen molar-refractivity contribution in [2.75, 3.05) is 13.7 Å². The van der Waals surface area contributed by atoms with Crippen LogP contribution in [0.25, 0.3) is 0 Å². The van der Waals surface area contributed by atoms with Crippen molar-refractivity contribution in [3.63, 3.8) is 0 Å². The molecule has 1 amide bonds. The molecule has 0 aliphatic heterocycles. The van der Waals surface area contributed by atoms with Crippen LogP contribution in [-0.4, -0.2) is 35.7 Å². The van der Waals surface area contributed by atoms with Crippen LogP contribution in [0, 0.1) is 20.2 Å². The van der Waals surface area contributed by atoms with Gasteiger partial charge in [-0.15, -0.1) is 0 Å². The van der Waals surface area contributed by atoms with E-state index in [-0.39, 0.29) is 11.5 Å². The number of nitrogens with one attached hydrogen (secondary N) is 1. The maximum Gasteiger partial charge on any atom is 0.318 e. The van der Waals surface area contributed by atoms with Crippen LogP contribution in [0.1, 0.15) is 22.8 Å². The molecule has 3 rings (SSSR count). The molecule has 0 aromatic heterocycles. The Kier molecular flexibility index (Phi) is 7.90. The van der Waals surface area contributed by atoms with E-state index in [0.717, 1.165) is 18.2 Å². The second-order valence-electron chi connectivity index (χ2n) is 6.84. The molecule has 0 spiro atoms. The SMILES string of the molecule is CCOc1ccc(C(=O)N/N=C/c2ccc(Oc3ccc([N+](=O)[O-])cc3[N+](=O)[O-])cc2)cc1OC. The van der Waals surface area contributed by atoms with E-state index in [0.29, 0.717) is 29.2 Å². The first-order valence-electron chi connectivity index (χ1n) is 10.2. The lowest BCUT2D eigenvalue weighted by atomic mass is 10.2. The Labute approximate surface area is 199 Å². The normalized spacial score (nSPS) is 10.6. The van der Waals surface area contributed by atoms with Crippen molar-refractivity contribution in [3.05, 3.63) is 92.0 Å². The van der Waals surface area contributed by atoms with E-state index in [2.05, 4.69) is 10.5 Å². The van der Waals surface area contributed by atoms with Gasteiger partial charge >= 0.3 is 5.69 Å². The zero-order chi connectivity index (χ0) is 25.4. The van der Waals surface area contributed by atoms with Crippen molar-refractivity contribution >= 4 is 23.5 Å². The molecular weight excluding hydrogens is 460 g/mol. The van der Waals surface area contributed by atoms with E-state index in [9.17, 15) is 25.0 Å². The first-order valence-corrected chi connectivity index (χ1v) is 10.2. The van der Waals surface area contributed by atoms with E-state index in [1.807, 2.05) is 6.92 Å². The highest BCUT2D eigenvalue weighted by molar-refractivity contribution is 5.95. The predicted octanol–water partition coefficient (Wildman–Crippen LogP) is 4.47. The number of methoxy groups -OCH3 is 1. The Morgan fingerprint density at radius 2 is 1.69 bits per heavy atom. The van der Waals surface area contributed by atoms with Crippen molar-refractivity contribution in [1.82, 2.24) is 5.43 Å². The lowest BCUT2D eigenvalue weighted by Crippen LogP contribution is -2.17. The molecule has 0 aliphatic rings. The summed E-state index contributed by atoms with van der Waals surface area (Å²) in [6.07, 6.45) is 1.40. The first kappa shape index (κ1) is 24.6. The third-order valence-electron chi connectivity index (χ3n) is 4.56. The second-order valence-corrected chi connectivity index (χ2v) is 6.84. The number of nitro benzene ring substituents is 2. The molecular formula is C23H20N4O8. The summed E-state index contributed by atoms with van der Waals surface area (Å²) < 4.78 is 16.2. The van der Waals surface area contributed by atoms with Crippen LogP contribution in [0.4, 0.5) is 11.4 Å². The molecule has 0 saturated heterocycles. The van der Waals surface area contributed by atoms with Crippen molar-refractivity contribution in [2.45, 2.75) is 6.92 Å². The van der Waals surface area contributed by atoms with Gasteiger partial charge in [-0.05, 0) is 61.0 Å². The van der Waals surface area contributed by atoms with Crippen LogP contribution in [-0.2, 0) is 0 Å². The third kappa shape index (κ3) is 6.28. The number of non-ortho nitro benzene ring substituents is 1. The highest BCUT2D eigenvalue weighted by atomic mass is 16.6. The minimum atomic E-state index is -0.758. The van der Waals surface area contributed by atoms with Gasteiger partial charge < -0.3 is 14.2 Å². The maximum absolute atomic E-state index is 12.3. The number of nitrogens with zero attached hydrogens (tertiary/aromatic N) is 3. The number of carbonyl (C=O) groups excluding carboxylic acids is 1. The van der Waals surface area contributed by atoms with Crippen molar-refractivity contribution < 1.29 is 28.9 Å². The minimum absolute atomic E-state index is 0.139. The average Bonchev–Trinajstić information content (AvgIpc) is 2.85. The number of carbonyl (C=O) groups is 1. The molecule has 1 N–H and O–H groups in total. The molecule has 0 atom stereocenters. The van der Waals surface area contributed by atoms with Gasteiger partial charge in [0, 0.05) is 11.6 Å². The smallest absolute Gasteiger partial charge is 0.318 e. The summed E-state index contributed by atoms with van der Waals surface area (Å²) in [6.45, 7) is 2.30. The average molecular weight is 480 g/mol. The molecule has 0 bridgehead atoms. The monoisotopic (exact) mass is 480 g/mol. The molecule has 0 radical (unpaired) electrons. The fraction of sp³-hybridized carbons (Fsp3) is 0.130. The van der Waals surface area contributed by atoms with Crippen molar-refractivity contribution in [3.8, 4) is 23.0 Å².